The summed E-state index contributed by atoms with van der Waals surface area (Å²) in [6.45, 7) is 0. The summed E-state index contributed by atoms with van der Waals surface area (Å²) in [5.41, 5.74) is 3.65. The second-order valence-corrected chi connectivity index (χ2v) is 7.03. The molecular formula is C22H14O3S. The van der Waals surface area contributed by atoms with Crippen molar-refractivity contribution in [1.82, 2.24) is 0 Å². The number of carbonyl (C=O) groups is 2. The van der Waals surface area contributed by atoms with Crippen LogP contribution < -0.4 is 0 Å². The minimum Gasteiger partial charge on any atom is -0.478 e. The number of aromatic carboxylic acids is 1. The van der Waals surface area contributed by atoms with Gasteiger partial charge in [0, 0.05) is 10.5 Å². The Bertz CT molecular complexity index is 1070. The van der Waals surface area contributed by atoms with E-state index in [1.165, 1.54) is 11.8 Å². The van der Waals surface area contributed by atoms with Crippen LogP contribution in [-0.4, -0.2) is 16.9 Å². The van der Waals surface area contributed by atoms with Crippen LogP contribution in [0.25, 0.3) is 17.2 Å². The van der Waals surface area contributed by atoms with Crippen LogP contribution in [0.15, 0.2) is 82.6 Å². The van der Waals surface area contributed by atoms with Crippen molar-refractivity contribution in [2.24, 2.45) is 0 Å². The SMILES string of the molecule is O=C(O)c1cccc(-c2cccc(/C=C3\Sc4ccccc4C3=O)c2)c1. The first-order chi connectivity index (χ1) is 12.6. The van der Waals surface area contributed by atoms with E-state index in [-0.39, 0.29) is 11.3 Å². The highest BCUT2D eigenvalue weighted by molar-refractivity contribution is 8.04. The summed E-state index contributed by atoms with van der Waals surface area (Å²) in [6, 6.07) is 22.2. The van der Waals surface area contributed by atoms with Crippen molar-refractivity contribution >= 4 is 29.6 Å². The van der Waals surface area contributed by atoms with Gasteiger partial charge in [0.2, 0.25) is 5.78 Å². The van der Waals surface area contributed by atoms with E-state index in [0.717, 1.165) is 27.1 Å². The molecule has 0 radical (unpaired) electrons. The van der Waals surface area contributed by atoms with Crippen LogP contribution in [0.4, 0.5) is 0 Å². The maximum absolute atomic E-state index is 12.5. The number of thioether (sulfide) groups is 1. The van der Waals surface area contributed by atoms with E-state index >= 15 is 0 Å². The van der Waals surface area contributed by atoms with Gasteiger partial charge in [-0.3, -0.25) is 4.79 Å². The standard InChI is InChI=1S/C22H14O3S/c23-21-18-9-1-2-10-19(18)26-20(21)12-14-5-3-6-15(11-14)16-7-4-8-17(13-16)22(24)25/h1-13H,(H,24,25)/b20-12-. The third kappa shape index (κ3) is 3.07. The Morgan fingerprint density at radius 3 is 2.38 bits per heavy atom. The van der Waals surface area contributed by atoms with E-state index in [1.807, 2.05) is 60.7 Å². The molecule has 0 unspecified atom stereocenters. The lowest BCUT2D eigenvalue weighted by molar-refractivity contribution is 0.0696. The van der Waals surface area contributed by atoms with E-state index in [1.54, 1.807) is 18.2 Å². The number of hydrogen-bond acceptors (Lipinski definition) is 3. The van der Waals surface area contributed by atoms with Crippen LogP contribution in [-0.2, 0) is 0 Å². The number of carboxylic acid groups (broad SMARTS) is 1. The average molecular weight is 358 g/mol. The van der Waals surface area contributed by atoms with Crippen LogP contribution in [0, 0.1) is 0 Å². The molecule has 0 fully saturated rings. The van der Waals surface area contributed by atoms with Gasteiger partial charge in [-0.1, -0.05) is 54.2 Å². The Kier molecular flexibility index (Phi) is 4.19. The number of carboxylic acids is 1. The second-order valence-electron chi connectivity index (χ2n) is 5.95. The quantitative estimate of drug-likeness (QED) is 0.639. The molecule has 3 aromatic carbocycles. The maximum Gasteiger partial charge on any atom is 0.335 e. The Morgan fingerprint density at radius 2 is 1.62 bits per heavy atom. The average Bonchev–Trinajstić information content (AvgIpc) is 2.98. The van der Waals surface area contributed by atoms with Crippen molar-refractivity contribution in [3.63, 3.8) is 0 Å². The molecule has 0 amide bonds. The molecule has 0 saturated heterocycles. The van der Waals surface area contributed by atoms with Crippen molar-refractivity contribution in [2.45, 2.75) is 4.90 Å². The van der Waals surface area contributed by atoms with E-state index < -0.39 is 5.97 Å². The van der Waals surface area contributed by atoms with Gasteiger partial charge in [0.05, 0.1) is 10.5 Å². The summed E-state index contributed by atoms with van der Waals surface area (Å²) in [7, 11) is 0. The van der Waals surface area contributed by atoms with Crippen molar-refractivity contribution in [3.05, 3.63) is 94.4 Å². The predicted molar refractivity (Wildman–Crippen MR) is 103 cm³/mol. The zero-order valence-electron chi connectivity index (χ0n) is 13.7. The first kappa shape index (κ1) is 16.4. The highest BCUT2D eigenvalue weighted by atomic mass is 32.2. The van der Waals surface area contributed by atoms with E-state index in [4.69, 9.17) is 5.11 Å². The smallest absolute Gasteiger partial charge is 0.335 e. The molecule has 3 aromatic rings. The van der Waals surface area contributed by atoms with Crippen LogP contribution in [0.1, 0.15) is 26.3 Å². The number of hydrogen-bond donors (Lipinski definition) is 1. The first-order valence-electron chi connectivity index (χ1n) is 8.09. The van der Waals surface area contributed by atoms with Crippen molar-refractivity contribution in [1.29, 1.82) is 0 Å². The summed E-state index contributed by atoms with van der Waals surface area (Å²) >= 11 is 1.48. The molecule has 0 aromatic heterocycles. The number of ketones is 1. The van der Waals surface area contributed by atoms with Gasteiger partial charge in [-0.15, -0.1) is 0 Å². The van der Waals surface area contributed by atoms with Crippen LogP contribution in [0.3, 0.4) is 0 Å². The molecule has 0 spiro atoms. The van der Waals surface area contributed by atoms with Gasteiger partial charge in [-0.25, -0.2) is 4.79 Å². The van der Waals surface area contributed by atoms with Gasteiger partial charge in [-0.2, -0.15) is 0 Å². The van der Waals surface area contributed by atoms with Crippen LogP contribution >= 0.6 is 11.8 Å². The lowest BCUT2D eigenvalue weighted by Gasteiger charge is -2.05. The Labute approximate surface area is 155 Å². The number of allylic oxidation sites excluding steroid dienone is 1. The molecule has 126 valence electrons. The Hall–Kier alpha value is -3.11. The van der Waals surface area contributed by atoms with Gasteiger partial charge in [0.25, 0.3) is 0 Å². The van der Waals surface area contributed by atoms with E-state index in [9.17, 15) is 9.59 Å². The van der Waals surface area contributed by atoms with E-state index in [2.05, 4.69) is 0 Å². The molecule has 0 atom stereocenters. The minimum atomic E-state index is -0.948. The third-order valence-electron chi connectivity index (χ3n) is 4.20. The third-order valence-corrected chi connectivity index (χ3v) is 5.30. The number of Topliss-reactive ketones (excluding diaryl/α,β-unsaturated/α-hetero) is 1. The molecule has 0 aliphatic carbocycles. The Balaban J connectivity index is 1.68. The molecule has 0 saturated carbocycles. The fourth-order valence-corrected chi connectivity index (χ4v) is 3.98. The molecule has 4 rings (SSSR count). The van der Waals surface area contributed by atoms with Crippen LogP contribution in [0.5, 0.6) is 0 Å². The second kappa shape index (κ2) is 6.65. The van der Waals surface area contributed by atoms with Gasteiger partial charge in [0.1, 0.15) is 0 Å². The number of rotatable bonds is 3. The largest absolute Gasteiger partial charge is 0.478 e. The number of fused-ring (bicyclic) bond motifs is 1. The molecule has 4 heteroatoms. The van der Waals surface area contributed by atoms with Gasteiger partial charge >= 0.3 is 5.97 Å². The maximum atomic E-state index is 12.5. The molecule has 0 bridgehead atoms. The molecule has 3 nitrogen and oxygen atoms in total. The predicted octanol–water partition coefficient (Wildman–Crippen LogP) is 5.38. The summed E-state index contributed by atoms with van der Waals surface area (Å²) in [4.78, 5) is 25.4. The van der Waals surface area contributed by atoms with Gasteiger partial charge in [-0.05, 0) is 53.1 Å². The summed E-state index contributed by atoms with van der Waals surface area (Å²) in [5, 5.41) is 9.17. The van der Waals surface area contributed by atoms with Gasteiger partial charge in [0.15, 0.2) is 0 Å². The summed E-state index contributed by atoms with van der Waals surface area (Å²) in [6.07, 6.45) is 1.89. The molecule has 1 aliphatic rings. The molecular weight excluding hydrogens is 344 g/mol. The van der Waals surface area contributed by atoms with Crippen molar-refractivity contribution in [3.8, 4) is 11.1 Å². The monoisotopic (exact) mass is 358 g/mol. The fourth-order valence-electron chi connectivity index (χ4n) is 2.93. The van der Waals surface area contributed by atoms with Gasteiger partial charge < -0.3 is 5.11 Å². The minimum absolute atomic E-state index is 0.0453. The lowest BCUT2D eigenvalue weighted by Crippen LogP contribution is -1.95. The summed E-state index contributed by atoms with van der Waals surface area (Å²) in [5.74, 6) is -0.903. The number of carbonyl (C=O) groups excluding carboxylic acids is 1. The van der Waals surface area contributed by atoms with Crippen LogP contribution in [0.2, 0.25) is 0 Å². The highest BCUT2D eigenvalue weighted by Crippen LogP contribution is 2.40. The zero-order chi connectivity index (χ0) is 18.1. The topological polar surface area (TPSA) is 54.4 Å². The Morgan fingerprint density at radius 1 is 0.885 bits per heavy atom. The number of benzene rings is 3. The fraction of sp³-hybridized carbons (Fsp3) is 0. The van der Waals surface area contributed by atoms with E-state index in [0.29, 0.717) is 4.91 Å². The lowest BCUT2D eigenvalue weighted by atomic mass is 10.0. The molecule has 1 aliphatic heterocycles. The molecule has 1 heterocycles. The first-order valence-corrected chi connectivity index (χ1v) is 8.90. The van der Waals surface area contributed by atoms with Crippen molar-refractivity contribution in [2.75, 3.05) is 0 Å². The normalized spacial score (nSPS) is 14.5. The molecule has 1 N–H and O–H groups in total. The zero-order valence-corrected chi connectivity index (χ0v) is 14.5. The summed E-state index contributed by atoms with van der Waals surface area (Å²) < 4.78 is 0. The molecule has 26 heavy (non-hydrogen) atoms. The highest BCUT2D eigenvalue weighted by Gasteiger charge is 2.25. The van der Waals surface area contributed by atoms with Crippen molar-refractivity contribution < 1.29 is 14.7 Å².